The summed E-state index contributed by atoms with van der Waals surface area (Å²) in [4.78, 5) is 14.2. The number of carbonyl (C=O) groups is 1. The van der Waals surface area contributed by atoms with Gasteiger partial charge in [-0.1, -0.05) is 44.2 Å². The van der Waals surface area contributed by atoms with Crippen molar-refractivity contribution in [1.29, 1.82) is 0 Å². The Morgan fingerprint density at radius 3 is 2.56 bits per heavy atom. The Hall–Kier alpha value is -2.49. The van der Waals surface area contributed by atoms with Crippen molar-refractivity contribution in [1.82, 2.24) is 5.32 Å². The molecule has 0 saturated carbocycles. The van der Waals surface area contributed by atoms with E-state index in [-0.39, 0.29) is 12.5 Å². The first-order valence-electron chi connectivity index (χ1n) is 8.73. The fourth-order valence-corrected chi connectivity index (χ4v) is 2.61. The van der Waals surface area contributed by atoms with Crippen LogP contribution in [0.25, 0.3) is 0 Å². The van der Waals surface area contributed by atoms with Crippen molar-refractivity contribution in [3.05, 3.63) is 59.7 Å². The van der Waals surface area contributed by atoms with Gasteiger partial charge in [0.1, 0.15) is 5.75 Å². The molecular formula is C21H28N2O2. The fraction of sp³-hybridized carbons (Fsp3) is 0.381. The average Bonchev–Trinajstić information content (AvgIpc) is 2.60. The smallest absolute Gasteiger partial charge is 0.258 e. The minimum Gasteiger partial charge on any atom is -0.483 e. The van der Waals surface area contributed by atoms with E-state index in [0.717, 1.165) is 29.1 Å². The maximum absolute atomic E-state index is 12.0. The quantitative estimate of drug-likeness (QED) is 0.796. The van der Waals surface area contributed by atoms with Crippen LogP contribution in [0.15, 0.2) is 48.5 Å². The van der Waals surface area contributed by atoms with E-state index in [1.807, 2.05) is 38.2 Å². The van der Waals surface area contributed by atoms with E-state index >= 15 is 0 Å². The van der Waals surface area contributed by atoms with Crippen molar-refractivity contribution in [2.24, 2.45) is 0 Å². The first-order valence-corrected chi connectivity index (χ1v) is 8.73. The number of rotatable bonds is 8. The molecule has 2 rings (SSSR count). The summed E-state index contributed by atoms with van der Waals surface area (Å²) < 4.78 is 5.76. The van der Waals surface area contributed by atoms with Gasteiger partial charge < -0.3 is 15.0 Å². The number of carbonyl (C=O) groups excluding carboxylic acids is 1. The molecule has 0 aliphatic rings. The van der Waals surface area contributed by atoms with Crippen molar-refractivity contribution in [3.8, 4) is 5.75 Å². The normalized spacial score (nSPS) is 10.6. The topological polar surface area (TPSA) is 41.6 Å². The van der Waals surface area contributed by atoms with Crippen molar-refractivity contribution in [2.75, 3.05) is 31.6 Å². The zero-order chi connectivity index (χ0) is 18.2. The van der Waals surface area contributed by atoms with Gasteiger partial charge in [-0.3, -0.25) is 4.79 Å². The first-order chi connectivity index (χ1) is 12.0. The molecule has 0 spiro atoms. The molecule has 0 aliphatic carbocycles. The number of nitrogens with zero attached hydrogens (tertiary/aromatic N) is 1. The number of amides is 1. The highest BCUT2D eigenvalue weighted by Crippen LogP contribution is 2.27. The summed E-state index contributed by atoms with van der Waals surface area (Å²) in [6.07, 6.45) is 0. The third-order valence-electron chi connectivity index (χ3n) is 4.12. The Morgan fingerprint density at radius 1 is 1.16 bits per heavy atom. The minimum atomic E-state index is -0.0994. The number of benzene rings is 2. The van der Waals surface area contributed by atoms with E-state index in [4.69, 9.17) is 4.74 Å². The van der Waals surface area contributed by atoms with Crippen LogP contribution >= 0.6 is 0 Å². The summed E-state index contributed by atoms with van der Waals surface area (Å²) >= 11 is 0. The van der Waals surface area contributed by atoms with Crippen molar-refractivity contribution < 1.29 is 9.53 Å². The fourth-order valence-electron chi connectivity index (χ4n) is 2.61. The molecule has 1 amide bonds. The van der Waals surface area contributed by atoms with Gasteiger partial charge in [-0.15, -0.1) is 0 Å². The molecule has 0 saturated heterocycles. The molecule has 0 unspecified atom stereocenters. The predicted octanol–water partition coefficient (Wildman–Crippen LogP) is 3.75. The van der Waals surface area contributed by atoms with Crippen molar-refractivity contribution >= 4 is 11.6 Å². The van der Waals surface area contributed by atoms with Crippen LogP contribution in [0.1, 0.15) is 30.9 Å². The largest absolute Gasteiger partial charge is 0.483 e. The summed E-state index contributed by atoms with van der Waals surface area (Å²) in [5, 5.41) is 2.91. The summed E-state index contributed by atoms with van der Waals surface area (Å²) in [6.45, 7) is 7.64. The molecule has 0 heterocycles. The van der Waals surface area contributed by atoms with Crippen molar-refractivity contribution in [3.63, 3.8) is 0 Å². The number of para-hydroxylation sites is 1. The number of hydrogen-bond donors (Lipinski definition) is 1. The van der Waals surface area contributed by atoms with Crippen molar-refractivity contribution in [2.45, 2.75) is 26.7 Å². The van der Waals surface area contributed by atoms with Crippen LogP contribution in [-0.4, -0.2) is 32.7 Å². The molecule has 0 fully saturated rings. The molecule has 0 aliphatic heterocycles. The second kappa shape index (κ2) is 9.11. The maximum Gasteiger partial charge on any atom is 0.258 e. The van der Waals surface area contributed by atoms with Crippen LogP contribution in [0.5, 0.6) is 5.75 Å². The molecule has 2 aromatic rings. The minimum absolute atomic E-state index is 0.0399. The van der Waals surface area contributed by atoms with E-state index in [9.17, 15) is 4.79 Å². The van der Waals surface area contributed by atoms with E-state index in [1.54, 1.807) is 0 Å². The van der Waals surface area contributed by atoms with Crippen LogP contribution in [0.2, 0.25) is 0 Å². The molecule has 25 heavy (non-hydrogen) atoms. The van der Waals surface area contributed by atoms with Gasteiger partial charge in [0.25, 0.3) is 5.91 Å². The Kier molecular flexibility index (Phi) is 6.87. The van der Waals surface area contributed by atoms with Crippen LogP contribution < -0.4 is 15.0 Å². The van der Waals surface area contributed by atoms with E-state index in [2.05, 4.69) is 48.3 Å². The number of aryl methyl sites for hydroxylation is 1. The van der Waals surface area contributed by atoms with Gasteiger partial charge in [0.15, 0.2) is 6.61 Å². The number of ether oxygens (including phenoxy) is 1. The second-order valence-electron chi connectivity index (χ2n) is 6.59. The highest BCUT2D eigenvalue weighted by atomic mass is 16.5. The Bertz CT molecular complexity index is 684. The van der Waals surface area contributed by atoms with Gasteiger partial charge >= 0.3 is 0 Å². The number of hydrogen-bond acceptors (Lipinski definition) is 3. The number of likely N-dealkylation sites (N-methyl/N-ethyl adjacent to an activating group) is 1. The maximum atomic E-state index is 12.0. The lowest BCUT2D eigenvalue weighted by molar-refractivity contribution is -0.123. The highest BCUT2D eigenvalue weighted by Gasteiger charge is 2.10. The monoisotopic (exact) mass is 340 g/mol. The van der Waals surface area contributed by atoms with Gasteiger partial charge in [0, 0.05) is 25.8 Å². The predicted molar refractivity (Wildman–Crippen MR) is 103 cm³/mol. The zero-order valence-corrected chi connectivity index (χ0v) is 15.6. The van der Waals surface area contributed by atoms with Gasteiger partial charge in [0.05, 0.1) is 0 Å². The summed E-state index contributed by atoms with van der Waals surface area (Å²) in [7, 11) is 2.01. The second-order valence-corrected chi connectivity index (χ2v) is 6.59. The molecule has 1 N–H and O–H groups in total. The van der Waals surface area contributed by atoms with E-state index < -0.39 is 0 Å². The Morgan fingerprint density at radius 2 is 1.88 bits per heavy atom. The number of anilines is 1. The molecule has 0 bridgehead atoms. The van der Waals surface area contributed by atoms with Crippen LogP contribution in [0.3, 0.4) is 0 Å². The summed E-state index contributed by atoms with van der Waals surface area (Å²) in [6, 6.07) is 16.2. The third kappa shape index (κ3) is 5.82. The molecule has 4 heteroatoms. The SMILES string of the molecule is Cc1ccc(C(C)C)c(OCC(=O)NCCN(C)c2ccccc2)c1. The lowest BCUT2D eigenvalue weighted by atomic mass is 10.0. The van der Waals surface area contributed by atoms with E-state index in [0.29, 0.717) is 12.5 Å². The van der Waals surface area contributed by atoms with Crippen LogP contribution in [-0.2, 0) is 4.79 Å². The highest BCUT2D eigenvalue weighted by molar-refractivity contribution is 5.77. The van der Waals surface area contributed by atoms with E-state index in [1.165, 1.54) is 0 Å². The molecule has 0 aromatic heterocycles. The molecule has 134 valence electrons. The molecule has 2 aromatic carbocycles. The number of nitrogens with one attached hydrogen (secondary N) is 1. The van der Waals surface area contributed by atoms with Gasteiger partial charge in [-0.05, 0) is 42.2 Å². The Balaban J connectivity index is 1.79. The van der Waals surface area contributed by atoms with Crippen LogP contribution in [0, 0.1) is 6.92 Å². The van der Waals surface area contributed by atoms with Gasteiger partial charge in [-0.25, -0.2) is 0 Å². The summed E-state index contributed by atoms with van der Waals surface area (Å²) in [5.74, 6) is 1.06. The zero-order valence-electron chi connectivity index (χ0n) is 15.6. The lowest BCUT2D eigenvalue weighted by Crippen LogP contribution is -2.35. The van der Waals surface area contributed by atoms with Crippen LogP contribution in [0.4, 0.5) is 5.69 Å². The molecule has 4 nitrogen and oxygen atoms in total. The molecular weight excluding hydrogens is 312 g/mol. The standard InChI is InChI=1S/C21H28N2O2/c1-16(2)19-11-10-17(3)14-20(19)25-15-21(24)22-12-13-23(4)18-8-6-5-7-9-18/h5-11,14,16H,12-13,15H2,1-4H3,(H,22,24). The Labute approximate surface area is 150 Å². The molecule has 0 radical (unpaired) electrons. The summed E-state index contributed by atoms with van der Waals surface area (Å²) in [5.41, 5.74) is 3.39. The average molecular weight is 340 g/mol. The molecule has 0 atom stereocenters. The lowest BCUT2D eigenvalue weighted by Gasteiger charge is -2.19. The third-order valence-corrected chi connectivity index (χ3v) is 4.12. The van der Waals surface area contributed by atoms with Gasteiger partial charge in [0.2, 0.25) is 0 Å². The first kappa shape index (κ1) is 18.8. The van der Waals surface area contributed by atoms with Gasteiger partial charge in [-0.2, -0.15) is 0 Å².